The van der Waals surface area contributed by atoms with Crippen LogP contribution in [0.1, 0.15) is 32.7 Å². The van der Waals surface area contributed by atoms with E-state index in [9.17, 15) is 4.79 Å². The molecule has 1 aromatic heterocycles. The van der Waals surface area contributed by atoms with Gasteiger partial charge in [-0.05, 0) is 66.9 Å². The topological polar surface area (TPSA) is 56.1 Å². The zero-order valence-corrected chi connectivity index (χ0v) is 19.8. The minimum atomic E-state index is -0.234. The molecule has 4 aromatic rings. The number of carbonyl (C=O) groups is 1. The summed E-state index contributed by atoms with van der Waals surface area (Å²) in [5, 5.41) is 8.75. The van der Waals surface area contributed by atoms with Crippen molar-refractivity contribution in [1.82, 2.24) is 9.78 Å². The quantitative estimate of drug-likeness (QED) is 0.321. The van der Waals surface area contributed by atoms with Crippen LogP contribution in [0.2, 0.25) is 10.0 Å². The number of rotatable bonds is 7. The minimum Gasteiger partial charge on any atom is -0.489 e. The molecule has 1 heterocycles. The van der Waals surface area contributed by atoms with Gasteiger partial charge in [-0.3, -0.25) is 9.48 Å². The van der Waals surface area contributed by atoms with Crippen molar-refractivity contribution in [2.75, 3.05) is 5.32 Å². The standard InChI is InChI=1S/C26H23Cl2N3O2/c1-17-12-22(27)10-11-24(17)33-16-19-6-5-8-20(14-19)26(32)29-25-13-18(2)31(30-25)15-21-7-3-4-9-23(21)28/h3-14H,15-16H2,1-2H3,(H,29,30,32). The number of anilines is 1. The van der Waals surface area contributed by atoms with Crippen molar-refractivity contribution in [3.63, 3.8) is 0 Å². The smallest absolute Gasteiger partial charge is 0.256 e. The molecule has 0 bridgehead atoms. The van der Waals surface area contributed by atoms with Crippen LogP contribution in [0.25, 0.3) is 0 Å². The molecule has 1 N–H and O–H groups in total. The van der Waals surface area contributed by atoms with Crippen molar-refractivity contribution in [2.45, 2.75) is 27.0 Å². The van der Waals surface area contributed by atoms with Gasteiger partial charge in [0.25, 0.3) is 5.91 Å². The number of aryl methyl sites for hydroxylation is 2. The van der Waals surface area contributed by atoms with Crippen molar-refractivity contribution >= 4 is 34.9 Å². The summed E-state index contributed by atoms with van der Waals surface area (Å²) < 4.78 is 7.71. The molecule has 0 spiro atoms. The lowest BCUT2D eigenvalue weighted by Crippen LogP contribution is -2.13. The van der Waals surface area contributed by atoms with E-state index in [1.54, 1.807) is 12.1 Å². The van der Waals surface area contributed by atoms with Gasteiger partial charge < -0.3 is 10.1 Å². The molecule has 4 rings (SSSR count). The Bertz CT molecular complexity index is 1300. The first kappa shape index (κ1) is 22.9. The Labute approximate surface area is 202 Å². The van der Waals surface area contributed by atoms with Gasteiger partial charge in [-0.2, -0.15) is 5.10 Å². The number of nitrogens with zero attached hydrogens (tertiary/aromatic N) is 2. The third-order valence-electron chi connectivity index (χ3n) is 5.22. The van der Waals surface area contributed by atoms with E-state index in [0.717, 1.165) is 28.1 Å². The monoisotopic (exact) mass is 479 g/mol. The van der Waals surface area contributed by atoms with E-state index in [2.05, 4.69) is 10.4 Å². The van der Waals surface area contributed by atoms with Crippen molar-refractivity contribution in [1.29, 1.82) is 0 Å². The number of hydrogen-bond acceptors (Lipinski definition) is 3. The van der Waals surface area contributed by atoms with Crippen LogP contribution in [0.15, 0.2) is 72.8 Å². The minimum absolute atomic E-state index is 0.234. The van der Waals surface area contributed by atoms with Crippen LogP contribution in [-0.4, -0.2) is 15.7 Å². The summed E-state index contributed by atoms with van der Waals surface area (Å²) in [6.07, 6.45) is 0. The molecule has 0 radical (unpaired) electrons. The molecule has 0 atom stereocenters. The second-order valence-electron chi connectivity index (χ2n) is 7.77. The zero-order chi connectivity index (χ0) is 23.4. The molecule has 0 aliphatic rings. The van der Waals surface area contributed by atoms with Gasteiger partial charge in [0.2, 0.25) is 0 Å². The molecule has 0 saturated carbocycles. The molecule has 0 unspecified atom stereocenters. The fourth-order valence-electron chi connectivity index (χ4n) is 3.45. The largest absolute Gasteiger partial charge is 0.489 e. The molecule has 7 heteroatoms. The Balaban J connectivity index is 1.42. The second-order valence-corrected chi connectivity index (χ2v) is 8.62. The zero-order valence-electron chi connectivity index (χ0n) is 18.3. The summed E-state index contributed by atoms with van der Waals surface area (Å²) in [6.45, 7) is 4.75. The first-order valence-electron chi connectivity index (χ1n) is 10.5. The number of amides is 1. The number of nitrogens with one attached hydrogen (secondary N) is 1. The molecule has 168 valence electrons. The molecule has 1 amide bonds. The van der Waals surface area contributed by atoms with Crippen LogP contribution >= 0.6 is 23.2 Å². The number of hydrogen-bond donors (Lipinski definition) is 1. The maximum atomic E-state index is 12.8. The van der Waals surface area contributed by atoms with Crippen LogP contribution in [-0.2, 0) is 13.2 Å². The summed E-state index contributed by atoms with van der Waals surface area (Å²) in [4.78, 5) is 12.8. The lowest BCUT2D eigenvalue weighted by atomic mass is 10.1. The van der Waals surface area contributed by atoms with E-state index >= 15 is 0 Å². The molecule has 0 aliphatic carbocycles. The van der Waals surface area contributed by atoms with Gasteiger partial charge in [-0.1, -0.05) is 53.5 Å². The number of ether oxygens (including phenoxy) is 1. The van der Waals surface area contributed by atoms with E-state index in [0.29, 0.717) is 34.6 Å². The van der Waals surface area contributed by atoms with Crippen LogP contribution in [0.5, 0.6) is 5.75 Å². The lowest BCUT2D eigenvalue weighted by molar-refractivity contribution is 0.102. The highest BCUT2D eigenvalue weighted by atomic mass is 35.5. The molecular weight excluding hydrogens is 457 g/mol. The number of halogens is 2. The van der Waals surface area contributed by atoms with Crippen molar-refractivity contribution in [3.8, 4) is 5.75 Å². The Kier molecular flexibility index (Phi) is 7.02. The molecule has 0 aliphatic heterocycles. The lowest BCUT2D eigenvalue weighted by Gasteiger charge is -2.10. The Morgan fingerprint density at radius 3 is 2.61 bits per heavy atom. The molecule has 3 aromatic carbocycles. The fraction of sp³-hybridized carbons (Fsp3) is 0.154. The normalized spacial score (nSPS) is 10.8. The number of carbonyl (C=O) groups excluding carboxylic acids is 1. The Morgan fingerprint density at radius 2 is 1.82 bits per heavy atom. The molecule has 5 nitrogen and oxygen atoms in total. The van der Waals surface area contributed by atoms with E-state index in [4.69, 9.17) is 27.9 Å². The number of benzene rings is 3. The van der Waals surface area contributed by atoms with Gasteiger partial charge in [0.15, 0.2) is 5.82 Å². The summed E-state index contributed by atoms with van der Waals surface area (Å²) in [5.74, 6) is 1.01. The Morgan fingerprint density at radius 1 is 1.00 bits per heavy atom. The molecule has 33 heavy (non-hydrogen) atoms. The Hall–Kier alpha value is -3.28. The first-order chi connectivity index (χ1) is 15.9. The summed E-state index contributed by atoms with van der Waals surface area (Å²) in [5.41, 5.74) is 4.26. The highest BCUT2D eigenvalue weighted by Crippen LogP contribution is 2.23. The number of aromatic nitrogens is 2. The van der Waals surface area contributed by atoms with Crippen molar-refractivity contribution in [2.24, 2.45) is 0 Å². The van der Waals surface area contributed by atoms with Crippen LogP contribution < -0.4 is 10.1 Å². The van der Waals surface area contributed by atoms with Crippen LogP contribution in [0.4, 0.5) is 5.82 Å². The highest BCUT2D eigenvalue weighted by molar-refractivity contribution is 6.31. The maximum absolute atomic E-state index is 12.8. The fourth-order valence-corrected chi connectivity index (χ4v) is 3.87. The van der Waals surface area contributed by atoms with Gasteiger partial charge in [0.05, 0.1) is 6.54 Å². The van der Waals surface area contributed by atoms with Gasteiger partial charge in [-0.15, -0.1) is 0 Å². The molecule has 0 fully saturated rings. The van der Waals surface area contributed by atoms with Crippen LogP contribution in [0.3, 0.4) is 0 Å². The molecule has 0 saturated heterocycles. The summed E-state index contributed by atoms with van der Waals surface area (Å²) in [7, 11) is 0. The van der Waals surface area contributed by atoms with Gasteiger partial charge in [0, 0.05) is 27.4 Å². The van der Waals surface area contributed by atoms with Gasteiger partial charge in [-0.25, -0.2) is 0 Å². The third kappa shape index (κ3) is 5.75. The van der Waals surface area contributed by atoms with Gasteiger partial charge in [0.1, 0.15) is 12.4 Å². The SMILES string of the molecule is Cc1cc(Cl)ccc1OCc1cccc(C(=O)Nc2cc(C)n(Cc3ccccc3Cl)n2)c1. The average molecular weight is 480 g/mol. The predicted molar refractivity (Wildman–Crippen MR) is 132 cm³/mol. The maximum Gasteiger partial charge on any atom is 0.256 e. The van der Waals surface area contributed by atoms with Gasteiger partial charge >= 0.3 is 0 Å². The van der Waals surface area contributed by atoms with E-state index < -0.39 is 0 Å². The van der Waals surface area contributed by atoms with Crippen LogP contribution in [0, 0.1) is 13.8 Å². The van der Waals surface area contributed by atoms with E-state index in [1.165, 1.54) is 0 Å². The first-order valence-corrected chi connectivity index (χ1v) is 11.2. The highest BCUT2D eigenvalue weighted by Gasteiger charge is 2.12. The molecular formula is C26H23Cl2N3O2. The third-order valence-corrected chi connectivity index (χ3v) is 5.83. The van der Waals surface area contributed by atoms with Crippen molar-refractivity contribution in [3.05, 3.63) is 111 Å². The second kappa shape index (κ2) is 10.1. The summed E-state index contributed by atoms with van der Waals surface area (Å²) >= 11 is 12.3. The average Bonchev–Trinajstić information content (AvgIpc) is 3.13. The summed E-state index contributed by atoms with van der Waals surface area (Å²) in [6, 6.07) is 22.3. The van der Waals surface area contributed by atoms with E-state index in [-0.39, 0.29) is 5.91 Å². The predicted octanol–water partition coefficient (Wildman–Crippen LogP) is 6.69. The van der Waals surface area contributed by atoms with E-state index in [1.807, 2.05) is 79.2 Å². The van der Waals surface area contributed by atoms with Crippen molar-refractivity contribution < 1.29 is 9.53 Å².